The van der Waals surface area contributed by atoms with Gasteiger partial charge in [0.1, 0.15) is 22.9 Å². The van der Waals surface area contributed by atoms with Crippen LogP contribution in [0, 0.1) is 17.0 Å². The lowest BCUT2D eigenvalue weighted by Crippen LogP contribution is -2.52. The van der Waals surface area contributed by atoms with Gasteiger partial charge in [-0.05, 0) is 25.8 Å². The summed E-state index contributed by atoms with van der Waals surface area (Å²) in [6.07, 6.45) is 2.06. The van der Waals surface area contributed by atoms with Crippen LogP contribution < -0.4 is 10.7 Å². The zero-order chi connectivity index (χ0) is 21.6. The van der Waals surface area contributed by atoms with Crippen LogP contribution in [-0.2, 0) is 17.8 Å². The summed E-state index contributed by atoms with van der Waals surface area (Å²) in [5, 5.41) is 12.8. The molecule has 1 saturated heterocycles. The molecule has 0 radical (unpaired) electrons. The van der Waals surface area contributed by atoms with Gasteiger partial charge in [0.25, 0.3) is 5.91 Å². The molecule has 0 aliphatic carbocycles. The fourth-order valence-corrected chi connectivity index (χ4v) is 4.10. The first-order chi connectivity index (χ1) is 14.2. The Morgan fingerprint density at radius 3 is 2.87 bits per heavy atom. The van der Waals surface area contributed by atoms with Gasteiger partial charge in [0.15, 0.2) is 11.5 Å². The Bertz CT molecular complexity index is 1110. The summed E-state index contributed by atoms with van der Waals surface area (Å²) >= 11 is 0. The van der Waals surface area contributed by atoms with Crippen molar-refractivity contribution in [3.63, 3.8) is 0 Å². The molecule has 30 heavy (non-hydrogen) atoms. The second-order valence-electron chi connectivity index (χ2n) is 7.85. The molecule has 2 aliphatic heterocycles. The smallest absolute Gasteiger partial charge is 0.257 e. The predicted octanol–water partition coefficient (Wildman–Crippen LogP) is 2.14. The van der Waals surface area contributed by atoms with Crippen LogP contribution in [0.5, 0.6) is 5.75 Å². The number of Topliss-reactive ketones (excluding diaryl/α,β-unsaturated/α-hetero) is 1. The van der Waals surface area contributed by atoms with Gasteiger partial charge in [-0.2, -0.15) is 0 Å². The first kappa shape index (κ1) is 20.2. The molecule has 0 saturated carbocycles. The lowest BCUT2D eigenvalue weighted by Gasteiger charge is -2.44. The zero-order valence-corrected chi connectivity index (χ0v) is 16.2. The molecule has 2 aliphatic rings. The quantitative estimate of drug-likeness (QED) is 0.796. The van der Waals surface area contributed by atoms with E-state index in [0.29, 0.717) is 25.5 Å². The van der Waals surface area contributed by atoms with Gasteiger partial charge in [-0.15, -0.1) is 0 Å². The van der Waals surface area contributed by atoms with Gasteiger partial charge in [0.05, 0.1) is 18.1 Å². The monoisotopic (exact) mass is 418 g/mol. The van der Waals surface area contributed by atoms with Gasteiger partial charge in [0, 0.05) is 31.0 Å². The van der Waals surface area contributed by atoms with Gasteiger partial charge in [-0.25, -0.2) is 8.78 Å². The number of halogens is 2. The molecule has 0 spiro atoms. The molecule has 158 valence electrons. The number of ketones is 1. The number of hydrogen-bond acceptors (Lipinski definition) is 5. The maximum atomic E-state index is 13.8. The normalized spacial score (nSPS) is 22.9. The largest absolute Gasteiger partial charge is 0.503 e. The van der Waals surface area contributed by atoms with Gasteiger partial charge in [-0.3, -0.25) is 14.4 Å². The maximum Gasteiger partial charge on any atom is 0.257 e. The predicted molar refractivity (Wildman–Crippen MR) is 101 cm³/mol. The number of aromatic nitrogens is 1. The summed E-state index contributed by atoms with van der Waals surface area (Å²) in [6.45, 7) is 2.18. The SMILES string of the molecule is C[C@]12CCCO[C@@H]1Cn1cc(C(=O)NCc3ccc(F)cc3F)c(=O)c(O)c1C2=O. The highest BCUT2D eigenvalue weighted by Gasteiger charge is 2.49. The Kier molecular flexibility index (Phi) is 4.93. The first-order valence-corrected chi connectivity index (χ1v) is 9.57. The van der Waals surface area contributed by atoms with Crippen LogP contribution in [0.2, 0.25) is 0 Å². The maximum absolute atomic E-state index is 13.8. The van der Waals surface area contributed by atoms with Gasteiger partial charge in [-0.1, -0.05) is 6.07 Å². The number of aromatic hydroxyl groups is 1. The van der Waals surface area contributed by atoms with E-state index in [1.807, 2.05) is 0 Å². The Hall–Kier alpha value is -3.07. The molecule has 9 heteroatoms. The number of rotatable bonds is 3. The first-order valence-electron chi connectivity index (χ1n) is 9.57. The molecule has 2 atom stereocenters. The van der Waals surface area contributed by atoms with Crippen molar-refractivity contribution in [1.29, 1.82) is 0 Å². The minimum absolute atomic E-state index is 0.0357. The van der Waals surface area contributed by atoms with Gasteiger partial charge in [0.2, 0.25) is 5.43 Å². The average molecular weight is 418 g/mol. The summed E-state index contributed by atoms with van der Waals surface area (Å²) in [5.74, 6) is -3.61. The van der Waals surface area contributed by atoms with Gasteiger partial charge >= 0.3 is 0 Å². The number of nitrogens with zero attached hydrogens (tertiary/aromatic N) is 1. The van der Waals surface area contributed by atoms with Crippen molar-refractivity contribution in [3.8, 4) is 5.75 Å². The molecule has 0 bridgehead atoms. The lowest BCUT2D eigenvalue weighted by atomic mass is 9.71. The third-order valence-electron chi connectivity index (χ3n) is 5.92. The molecule has 7 nitrogen and oxygen atoms in total. The molecule has 4 rings (SSSR count). The number of amides is 1. The summed E-state index contributed by atoms with van der Waals surface area (Å²) in [4.78, 5) is 38.1. The Morgan fingerprint density at radius 2 is 2.13 bits per heavy atom. The summed E-state index contributed by atoms with van der Waals surface area (Å²) in [5.41, 5.74) is -2.30. The summed E-state index contributed by atoms with van der Waals surface area (Å²) < 4.78 is 33.9. The number of fused-ring (bicyclic) bond motifs is 2. The van der Waals surface area contributed by atoms with E-state index >= 15 is 0 Å². The average Bonchev–Trinajstić information content (AvgIpc) is 2.70. The highest BCUT2D eigenvalue weighted by molar-refractivity contribution is 6.03. The molecule has 1 amide bonds. The van der Waals surface area contributed by atoms with Crippen LogP contribution in [0.3, 0.4) is 0 Å². The van der Waals surface area contributed by atoms with Crippen molar-refractivity contribution in [2.45, 2.75) is 39.0 Å². The number of pyridine rings is 1. The lowest BCUT2D eigenvalue weighted by molar-refractivity contribution is -0.0740. The molecule has 1 aromatic carbocycles. The summed E-state index contributed by atoms with van der Waals surface area (Å²) in [7, 11) is 0. The van der Waals surface area contributed by atoms with E-state index in [4.69, 9.17) is 4.74 Å². The highest BCUT2D eigenvalue weighted by Crippen LogP contribution is 2.42. The Labute approximate surface area is 170 Å². The molecule has 3 heterocycles. The van der Waals surface area contributed by atoms with Crippen molar-refractivity contribution >= 4 is 11.7 Å². The number of hydrogen-bond donors (Lipinski definition) is 2. The van der Waals surface area contributed by atoms with Crippen molar-refractivity contribution < 1.29 is 28.2 Å². The van der Waals surface area contributed by atoms with E-state index in [1.54, 1.807) is 6.92 Å². The van der Waals surface area contributed by atoms with Crippen LogP contribution in [0.1, 0.15) is 46.2 Å². The zero-order valence-electron chi connectivity index (χ0n) is 16.2. The van der Waals surface area contributed by atoms with Crippen molar-refractivity contribution in [1.82, 2.24) is 9.88 Å². The fraction of sp³-hybridized carbons (Fsp3) is 0.381. The number of carbonyl (C=O) groups is 2. The van der Waals surface area contributed by atoms with Crippen LogP contribution in [0.4, 0.5) is 8.78 Å². The molecular weight excluding hydrogens is 398 g/mol. The van der Waals surface area contributed by atoms with E-state index in [9.17, 15) is 28.3 Å². The standard InChI is InChI=1S/C21H20F2N2O5/c1-21-5-2-6-30-15(21)10-25-9-13(17(26)18(27)16(25)19(21)28)20(29)24-8-11-3-4-12(22)7-14(11)23/h3-4,7,9,15,27H,2,5-6,8,10H2,1H3,(H,24,29)/t15-,21+/m1/s1. The van der Waals surface area contributed by atoms with E-state index in [0.717, 1.165) is 6.07 Å². The summed E-state index contributed by atoms with van der Waals surface area (Å²) in [6, 6.07) is 2.92. The molecule has 0 unspecified atom stereocenters. The molecular formula is C21H20F2N2O5. The van der Waals surface area contributed by atoms with Crippen LogP contribution in [0.25, 0.3) is 0 Å². The van der Waals surface area contributed by atoms with Gasteiger partial charge < -0.3 is 19.7 Å². The van der Waals surface area contributed by atoms with Crippen LogP contribution >= 0.6 is 0 Å². The minimum Gasteiger partial charge on any atom is -0.503 e. The Morgan fingerprint density at radius 1 is 1.37 bits per heavy atom. The third-order valence-corrected chi connectivity index (χ3v) is 5.92. The topological polar surface area (TPSA) is 97.6 Å². The van der Waals surface area contributed by atoms with Crippen molar-refractivity contribution in [2.24, 2.45) is 5.41 Å². The molecule has 2 aromatic rings. The number of carbonyl (C=O) groups excluding carboxylic acids is 2. The highest BCUT2D eigenvalue weighted by atomic mass is 19.1. The number of nitrogens with one attached hydrogen (secondary N) is 1. The second kappa shape index (κ2) is 7.32. The number of benzene rings is 1. The van der Waals surface area contributed by atoms with E-state index in [-0.39, 0.29) is 29.9 Å². The van der Waals surface area contributed by atoms with Crippen molar-refractivity contribution in [2.75, 3.05) is 6.61 Å². The van der Waals surface area contributed by atoms with E-state index < -0.39 is 46.0 Å². The minimum atomic E-state index is -0.981. The molecule has 1 aromatic heterocycles. The molecule has 2 N–H and O–H groups in total. The van der Waals surface area contributed by atoms with Crippen molar-refractivity contribution in [3.05, 3.63) is 63.1 Å². The molecule has 1 fully saturated rings. The third kappa shape index (κ3) is 3.19. The van der Waals surface area contributed by atoms with Crippen LogP contribution in [-0.4, -0.2) is 34.1 Å². The van der Waals surface area contributed by atoms with E-state index in [1.165, 1.54) is 16.8 Å². The second-order valence-corrected chi connectivity index (χ2v) is 7.85. The number of ether oxygens (including phenoxy) is 1. The Balaban J connectivity index is 1.64. The fourth-order valence-electron chi connectivity index (χ4n) is 4.10. The van der Waals surface area contributed by atoms with E-state index in [2.05, 4.69) is 5.32 Å². The van der Waals surface area contributed by atoms with Crippen LogP contribution in [0.15, 0.2) is 29.2 Å².